The van der Waals surface area contributed by atoms with Crippen LogP contribution in [0.25, 0.3) is 10.8 Å². The Morgan fingerprint density at radius 2 is 1.81 bits per heavy atom. The molecule has 1 N–H and O–H groups in total. The van der Waals surface area contributed by atoms with Crippen molar-refractivity contribution in [1.29, 1.82) is 0 Å². The molecule has 2 aromatic carbocycles. The molecule has 0 saturated carbocycles. The van der Waals surface area contributed by atoms with Gasteiger partial charge in [0.2, 0.25) is 9.04 Å². The number of hydrogen-bond donors (Lipinski definition) is 1. The molecule has 0 saturated heterocycles. The summed E-state index contributed by atoms with van der Waals surface area (Å²) in [4.78, 5) is 0. The Balaban J connectivity index is 2.39. The number of rotatable bonds is 4. The van der Waals surface area contributed by atoms with Crippen LogP contribution in [0.2, 0.25) is 13.1 Å². The third-order valence-corrected chi connectivity index (χ3v) is 5.80. The fourth-order valence-corrected chi connectivity index (χ4v) is 4.73. The molecule has 1 atom stereocenters. The molecule has 0 spiro atoms. The minimum Gasteiger partial charge on any atom is -0.496 e. The summed E-state index contributed by atoms with van der Waals surface area (Å²) in [6.07, 6.45) is -0.174. The molecule has 27 heavy (non-hydrogen) atoms. The maximum Gasteiger partial charge on any atom is 0.206 e. The van der Waals surface area contributed by atoms with Crippen LogP contribution in [0.5, 0.6) is 11.5 Å². The molecule has 1 radical (unpaired) electrons. The largest absolute Gasteiger partial charge is 0.496 e. The molecule has 0 aliphatic carbocycles. The highest BCUT2D eigenvalue weighted by Crippen LogP contribution is 2.54. The van der Waals surface area contributed by atoms with Crippen molar-refractivity contribution < 1.29 is 19.0 Å². The third kappa shape index (κ3) is 3.48. The zero-order valence-corrected chi connectivity index (χ0v) is 18.7. The van der Waals surface area contributed by atoms with Crippen molar-refractivity contribution in [3.63, 3.8) is 0 Å². The number of hydrogen-bond acceptors (Lipinski definition) is 4. The van der Waals surface area contributed by atoms with Gasteiger partial charge in [0.05, 0.1) is 19.3 Å². The molecular weight excluding hydrogens is 356 g/mol. The Morgan fingerprint density at radius 1 is 1.15 bits per heavy atom. The van der Waals surface area contributed by atoms with E-state index in [1.165, 1.54) is 5.56 Å². The number of ether oxygens (including phenoxy) is 2. The number of fused-ring (bicyclic) bond motifs is 3. The van der Waals surface area contributed by atoms with E-state index in [1.807, 2.05) is 6.07 Å². The highest BCUT2D eigenvalue weighted by Gasteiger charge is 2.45. The summed E-state index contributed by atoms with van der Waals surface area (Å²) in [6.45, 7) is 14.9. The molecular formula is C22H31O4Si. The number of aliphatic hydroxyl groups is 1. The van der Waals surface area contributed by atoms with Gasteiger partial charge in [0, 0.05) is 5.39 Å². The van der Waals surface area contributed by atoms with E-state index in [9.17, 15) is 5.11 Å². The first-order valence-corrected chi connectivity index (χ1v) is 11.8. The van der Waals surface area contributed by atoms with Crippen LogP contribution in [0, 0.1) is 0 Å². The second kappa shape index (κ2) is 6.80. The predicted molar refractivity (Wildman–Crippen MR) is 111 cm³/mol. The number of methoxy groups -OCH3 is 1. The topological polar surface area (TPSA) is 47.9 Å². The molecule has 147 valence electrons. The maximum atomic E-state index is 9.82. The van der Waals surface area contributed by atoms with Gasteiger partial charge in [-0.2, -0.15) is 0 Å². The van der Waals surface area contributed by atoms with Gasteiger partial charge < -0.3 is 19.0 Å². The molecule has 1 aliphatic rings. The summed E-state index contributed by atoms with van der Waals surface area (Å²) in [5, 5.41) is 11.9. The van der Waals surface area contributed by atoms with Crippen molar-refractivity contribution in [2.75, 3.05) is 7.11 Å². The molecule has 4 nitrogen and oxygen atoms in total. The Morgan fingerprint density at radius 3 is 2.33 bits per heavy atom. The lowest BCUT2D eigenvalue weighted by Crippen LogP contribution is -2.34. The fourth-order valence-electron chi connectivity index (χ4n) is 3.86. The van der Waals surface area contributed by atoms with Gasteiger partial charge in [-0.1, -0.05) is 26.8 Å². The van der Waals surface area contributed by atoms with Gasteiger partial charge in [-0.05, 0) is 61.0 Å². The summed E-state index contributed by atoms with van der Waals surface area (Å²) in [5.41, 5.74) is 2.49. The molecule has 2 aromatic rings. The van der Waals surface area contributed by atoms with Crippen LogP contribution >= 0.6 is 0 Å². The first kappa shape index (κ1) is 20.2. The van der Waals surface area contributed by atoms with Crippen LogP contribution < -0.4 is 9.47 Å². The van der Waals surface area contributed by atoms with Crippen LogP contribution in [0.3, 0.4) is 0 Å². The predicted octanol–water partition coefficient (Wildman–Crippen LogP) is 5.12. The lowest BCUT2D eigenvalue weighted by Gasteiger charge is -2.28. The molecule has 1 aliphatic heterocycles. The smallest absolute Gasteiger partial charge is 0.206 e. The van der Waals surface area contributed by atoms with Crippen LogP contribution in [0.1, 0.15) is 57.4 Å². The van der Waals surface area contributed by atoms with E-state index in [1.54, 1.807) is 7.11 Å². The molecule has 0 amide bonds. The van der Waals surface area contributed by atoms with Gasteiger partial charge in [-0.3, -0.25) is 0 Å². The van der Waals surface area contributed by atoms with Crippen molar-refractivity contribution in [2.45, 2.75) is 71.4 Å². The molecule has 0 fully saturated rings. The summed E-state index contributed by atoms with van der Waals surface area (Å²) in [6, 6.07) is 6.22. The molecule has 3 rings (SSSR count). The maximum absolute atomic E-state index is 9.82. The Labute approximate surface area is 164 Å². The standard InChI is InChI=1S/C22H31O4Si/c1-21(2,3)16-10-13(12-23)9-15-14(16)11-17(24-6)18-19(15)25-22(4,5)20(18)26-27(7)8/h9-11,20,23H,12H2,1-8H3. The second-order valence-electron chi connectivity index (χ2n) is 9.08. The van der Waals surface area contributed by atoms with Gasteiger partial charge in [0.1, 0.15) is 23.2 Å². The van der Waals surface area contributed by atoms with Crippen LogP contribution in [0.4, 0.5) is 0 Å². The lowest BCUT2D eigenvalue weighted by atomic mass is 9.81. The SMILES string of the molecule is COc1cc2c(C(C)(C)C)cc(CO)cc2c2c1C(O[Si](C)C)C(C)(C)O2. The number of aliphatic hydroxyl groups excluding tert-OH is 1. The average Bonchev–Trinajstić information content (AvgIpc) is 2.83. The normalized spacial score (nSPS) is 18.7. The third-order valence-electron chi connectivity index (χ3n) is 5.09. The van der Waals surface area contributed by atoms with E-state index in [-0.39, 0.29) is 18.1 Å². The molecule has 0 bridgehead atoms. The Hall–Kier alpha value is -1.56. The highest BCUT2D eigenvalue weighted by atomic mass is 28.3. The van der Waals surface area contributed by atoms with E-state index in [4.69, 9.17) is 13.9 Å². The zero-order chi connectivity index (χ0) is 20.1. The Kier molecular flexibility index (Phi) is 5.08. The fraction of sp³-hybridized carbons (Fsp3) is 0.545. The van der Waals surface area contributed by atoms with Crippen molar-refractivity contribution in [1.82, 2.24) is 0 Å². The molecule has 0 aromatic heterocycles. The van der Waals surface area contributed by atoms with E-state index in [2.05, 4.69) is 59.8 Å². The van der Waals surface area contributed by atoms with Gasteiger partial charge in [0.25, 0.3) is 0 Å². The molecule has 1 unspecified atom stereocenters. The van der Waals surface area contributed by atoms with Crippen LogP contribution in [-0.2, 0) is 16.4 Å². The van der Waals surface area contributed by atoms with Gasteiger partial charge in [-0.25, -0.2) is 0 Å². The van der Waals surface area contributed by atoms with E-state index < -0.39 is 14.6 Å². The van der Waals surface area contributed by atoms with E-state index in [0.717, 1.165) is 33.4 Å². The van der Waals surface area contributed by atoms with E-state index >= 15 is 0 Å². The first-order valence-electron chi connectivity index (χ1n) is 9.44. The number of benzene rings is 2. The minimum atomic E-state index is -0.926. The minimum absolute atomic E-state index is 0.000206. The van der Waals surface area contributed by atoms with Crippen LogP contribution in [0.15, 0.2) is 18.2 Å². The van der Waals surface area contributed by atoms with Gasteiger partial charge >= 0.3 is 0 Å². The van der Waals surface area contributed by atoms with Gasteiger partial charge in [-0.15, -0.1) is 0 Å². The summed E-state index contributed by atoms with van der Waals surface area (Å²) < 4.78 is 18.6. The highest BCUT2D eigenvalue weighted by molar-refractivity contribution is 6.48. The second-order valence-corrected chi connectivity index (χ2v) is 11.1. The quantitative estimate of drug-likeness (QED) is 0.740. The van der Waals surface area contributed by atoms with E-state index in [0.29, 0.717) is 0 Å². The average molecular weight is 388 g/mol. The Bertz CT molecular complexity index is 865. The van der Waals surface area contributed by atoms with Crippen molar-refractivity contribution in [3.8, 4) is 11.5 Å². The zero-order valence-electron chi connectivity index (χ0n) is 17.7. The lowest BCUT2D eigenvalue weighted by molar-refractivity contribution is 0.0153. The van der Waals surface area contributed by atoms with Crippen molar-refractivity contribution in [2.24, 2.45) is 0 Å². The van der Waals surface area contributed by atoms with Crippen molar-refractivity contribution >= 4 is 19.8 Å². The molecule has 5 heteroatoms. The molecule has 1 heterocycles. The monoisotopic (exact) mass is 387 g/mol. The summed E-state index contributed by atoms with van der Waals surface area (Å²) >= 11 is 0. The summed E-state index contributed by atoms with van der Waals surface area (Å²) in [5.74, 6) is 1.63. The van der Waals surface area contributed by atoms with Crippen LogP contribution in [-0.4, -0.2) is 26.9 Å². The summed E-state index contributed by atoms with van der Waals surface area (Å²) in [7, 11) is 0.775. The van der Waals surface area contributed by atoms with Crippen molar-refractivity contribution in [3.05, 3.63) is 34.9 Å². The first-order chi connectivity index (χ1) is 12.5. The van der Waals surface area contributed by atoms with Gasteiger partial charge in [0.15, 0.2) is 0 Å².